The van der Waals surface area contributed by atoms with Crippen molar-refractivity contribution in [3.05, 3.63) is 134 Å². The molecule has 0 aliphatic rings. The molecule has 8 aromatic rings. The zero-order valence-electron chi connectivity index (χ0n) is 20.0. The van der Waals surface area contributed by atoms with Crippen molar-refractivity contribution in [1.29, 1.82) is 0 Å². The molecule has 0 aliphatic heterocycles. The lowest BCUT2D eigenvalue weighted by Crippen LogP contribution is -2.26. The molecule has 0 unspecified atom stereocenters. The van der Waals surface area contributed by atoms with E-state index in [1.165, 1.54) is 63.8 Å². The molecule has 4 aromatic heterocycles. The van der Waals surface area contributed by atoms with E-state index in [1.807, 2.05) is 11.3 Å². The first-order chi connectivity index (χ1) is 18.4. The van der Waals surface area contributed by atoms with E-state index in [4.69, 9.17) is 0 Å². The summed E-state index contributed by atoms with van der Waals surface area (Å²) in [7, 11) is 0. The standard InChI is InChI=1S/C34H22N2S/c1-2-12-24-23(11-1)25-13-4-6-18-33(25)37-34-22-28-31-17-8-9-19-35(31)29-15-5-3-14-26(29)30-16-7-10-20-36(30)32(28)21-27(24)34/h1-22H/q+2. The van der Waals surface area contributed by atoms with Crippen molar-refractivity contribution >= 4 is 75.1 Å². The predicted molar refractivity (Wildman–Crippen MR) is 156 cm³/mol. The molecule has 37 heavy (non-hydrogen) atoms. The van der Waals surface area contributed by atoms with Gasteiger partial charge in [-0.15, -0.1) is 11.3 Å². The van der Waals surface area contributed by atoms with Crippen LogP contribution in [0.4, 0.5) is 0 Å². The third-order valence-corrected chi connectivity index (χ3v) is 8.54. The highest BCUT2D eigenvalue weighted by molar-refractivity contribution is 7.24. The summed E-state index contributed by atoms with van der Waals surface area (Å²) in [5.74, 6) is 0. The van der Waals surface area contributed by atoms with Gasteiger partial charge in [0.2, 0.25) is 22.1 Å². The minimum atomic E-state index is 1.18. The number of fused-ring (bicyclic) bond motifs is 13. The monoisotopic (exact) mass is 490 g/mol. The van der Waals surface area contributed by atoms with E-state index in [-0.39, 0.29) is 0 Å². The first-order valence-electron chi connectivity index (χ1n) is 12.5. The summed E-state index contributed by atoms with van der Waals surface area (Å²) in [6, 6.07) is 44.0. The quantitative estimate of drug-likeness (QED) is 0.190. The lowest BCUT2D eigenvalue weighted by atomic mass is 10.0. The van der Waals surface area contributed by atoms with Crippen LogP contribution >= 0.6 is 11.3 Å². The van der Waals surface area contributed by atoms with Crippen LogP contribution in [0.5, 0.6) is 0 Å². The summed E-state index contributed by atoms with van der Waals surface area (Å²) >= 11 is 1.87. The summed E-state index contributed by atoms with van der Waals surface area (Å²) < 4.78 is 7.26. The van der Waals surface area contributed by atoms with E-state index < -0.39 is 0 Å². The molecule has 0 N–H and O–H groups in total. The fourth-order valence-electron chi connectivity index (χ4n) is 5.76. The predicted octanol–water partition coefficient (Wildman–Crippen LogP) is 8.12. The zero-order chi connectivity index (χ0) is 24.3. The lowest BCUT2D eigenvalue weighted by molar-refractivity contribution is -0.488. The average Bonchev–Trinajstić information content (AvgIpc) is 3.10. The molecule has 0 saturated carbocycles. The van der Waals surface area contributed by atoms with Crippen molar-refractivity contribution in [2.45, 2.75) is 0 Å². The zero-order valence-corrected chi connectivity index (χ0v) is 20.8. The van der Waals surface area contributed by atoms with Gasteiger partial charge in [-0.25, -0.2) is 0 Å². The molecule has 3 heteroatoms. The minimum Gasteiger partial charge on any atom is -0.159 e. The van der Waals surface area contributed by atoms with Crippen LogP contribution in [0.1, 0.15) is 0 Å². The molecule has 0 amide bonds. The number of hydrogen-bond acceptors (Lipinski definition) is 1. The highest BCUT2D eigenvalue weighted by Gasteiger charge is 2.20. The van der Waals surface area contributed by atoms with Gasteiger partial charge in [-0.3, -0.25) is 0 Å². The van der Waals surface area contributed by atoms with Crippen LogP contribution in [0.3, 0.4) is 0 Å². The molecule has 2 nitrogen and oxygen atoms in total. The first kappa shape index (κ1) is 20.6. The van der Waals surface area contributed by atoms with Crippen LogP contribution < -0.4 is 8.80 Å². The van der Waals surface area contributed by atoms with E-state index >= 15 is 0 Å². The summed E-state index contributed by atoms with van der Waals surface area (Å²) in [5, 5.41) is 7.56. The van der Waals surface area contributed by atoms with Crippen molar-refractivity contribution in [2.75, 3.05) is 0 Å². The van der Waals surface area contributed by atoms with E-state index in [0.717, 1.165) is 0 Å². The Labute approximate surface area is 217 Å². The first-order valence-corrected chi connectivity index (χ1v) is 13.3. The van der Waals surface area contributed by atoms with Crippen molar-refractivity contribution in [1.82, 2.24) is 0 Å². The summed E-state index contributed by atoms with van der Waals surface area (Å²) in [6.07, 6.45) is 4.38. The summed E-state index contributed by atoms with van der Waals surface area (Å²) in [5.41, 5.74) is 4.73. The van der Waals surface area contributed by atoms with Gasteiger partial charge in [0.25, 0.3) is 0 Å². The Kier molecular flexibility index (Phi) is 4.42. The smallest absolute Gasteiger partial charge is 0.159 e. The molecule has 8 rings (SSSR count). The van der Waals surface area contributed by atoms with Gasteiger partial charge < -0.3 is 0 Å². The second kappa shape index (κ2) is 7.95. The topological polar surface area (TPSA) is 8.20 Å². The van der Waals surface area contributed by atoms with E-state index in [1.54, 1.807) is 0 Å². The summed E-state index contributed by atoms with van der Waals surface area (Å²) in [6.45, 7) is 0. The molecule has 172 valence electrons. The molecule has 0 saturated heterocycles. The van der Waals surface area contributed by atoms with Crippen molar-refractivity contribution < 1.29 is 8.80 Å². The normalized spacial score (nSPS) is 11.8. The van der Waals surface area contributed by atoms with E-state index in [0.29, 0.717) is 0 Å². The number of rotatable bonds is 0. The van der Waals surface area contributed by atoms with Gasteiger partial charge in [0.1, 0.15) is 10.8 Å². The second-order valence-electron chi connectivity index (χ2n) is 9.44. The Morgan fingerprint density at radius 3 is 1.59 bits per heavy atom. The molecule has 4 aromatic carbocycles. The highest BCUT2D eigenvalue weighted by Crippen LogP contribution is 2.36. The minimum absolute atomic E-state index is 1.18. The van der Waals surface area contributed by atoms with E-state index in [2.05, 4.69) is 143 Å². The Morgan fingerprint density at radius 1 is 0.351 bits per heavy atom. The van der Waals surface area contributed by atoms with Gasteiger partial charge in [0.15, 0.2) is 12.4 Å². The van der Waals surface area contributed by atoms with Gasteiger partial charge in [-0.1, -0.05) is 54.6 Å². The number of aromatic nitrogens is 2. The van der Waals surface area contributed by atoms with Crippen LogP contribution in [-0.4, -0.2) is 0 Å². The molecular formula is C34H22N2S+2. The molecule has 0 spiro atoms. The van der Waals surface area contributed by atoms with Crippen LogP contribution in [-0.2, 0) is 0 Å². The molecule has 4 heterocycles. The highest BCUT2D eigenvalue weighted by atomic mass is 32.1. The SMILES string of the molecule is c1ccc2c(c1)sc1cc3c4cccc[n+]4c4ccccc4c4cccc[n+]4c3cc1c1ccccc21. The number of pyridine rings is 2. The molecule has 0 radical (unpaired) electrons. The molecule has 0 aliphatic carbocycles. The van der Waals surface area contributed by atoms with Gasteiger partial charge in [0, 0.05) is 51.2 Å². The maximum Gasteiger partial charge on any atom is 0.225 e. The number of nitrogens with zero attached hydrogens (tertiary/aromatic N) is 2. The average molecular weight is 491 g/mol. The Bertz CT molecular complexity index is 2260. The van der Waals surface area contributed by atoms with Crippen molar-refractivity contribution in [3.8, 4) is 0 Å². The molecule has 0 atom stereocenters. The number of benzene rings is 4. The second-order valence-corrected chi connectivity index (χ2v) is 10.5. The Balaban J connectivity index is 1.76. The molecule has 0 bridgehead atoms. The largest absolute Gasteiger partial charge is 0.225 e. The van der Waals surface area contributed by atoms with Gasteiger partial charge in [-0.05, 0) is 46.5 Å². The van der Waals surface area contributed by atoms with Gasteiger partial charge >= 0.3 is 0 Å². The maximum absolute atomic E-state index is 2.40. The van der Waals surface area contributed by atoms with Crippen LogP contribution in [0.15, 0.2) is 134 Å². The number of hydrogen-bond donors (Lipinski definition) is 0. The summed E-state index contributed by atoms with van der Waals surface area (Å²) in [4.78, 5) is 0. The Hall–Kier alpha value is -4.60. The van der Waals surface area contributed by atoms with Crippen LogP contribution in [0.25, 0.3) is 63.8 Å². The fraction of sp³-hybridized carbons (Fsp3) is 0. The fourth-order valence-corrected chi connectivity index (χ4v) is 6.89. The third-order valence-electron chi connectivity index (χ3n) is 7.41. The van der Waals surface area contributed by atoms with Gasteiger partial charge in [-0.2, -0.15) is 8.80 Å². The molecule has 0 fully saturated rings. The van der Waals surface area contributed by atoms with Gasteiger partial charge in [0.05, 0.1) is 0 Å². The third kappa shape index (κ3) is 3.05. The molecular weight excluding hydrogens is 468 g/mol. The Morgan fingerprint density at radius 2 is 0.865 bits per heavy atom. The lowest BCUT2D eigenvalue weighted by Gasteiger charge is -2.03. The van der Waals surface area contributed by atoms with Crippen LogP contribution in [0.2, 0.25) is 0 Å². The van der Waals surface area contributed by atoms with Crippen molar-refractivity contribution in [3.63, 3.8) is 0 Å². The van der Waals surface area contributed by atoms with E-state index in [9.17, 15) is 0 Å². The van der Waals surface area contributed by atoms with Crippen molar-refractivity contribution in [2.24, 2.45) is 0 Å². The maximum atomic E-state index is 2.40. The number of para-hydroxylation sites is 1. The van der Waals surface area contributed by atoms with Crippen LogP contribution in [0, 0.1) is 0 Å².